The molecule has 0 aliphatic carbocycles. The Bertz CT molecular complexity index is 2310. The minimum Gasteiger partial charge on any atom is -0.306 e. The number of aromatic nitrogens is 4. The summed E-state index contributed by atoms with van der Waals surface area (Å²) in [5.41, 5.74) is 13.0. The van der Waals surface area contributed by atoms with Crippen molar-refractivity contribution in [2.45, 2.75) is 0 Å². The van der Waals surface area contributed by atoms with Crippen LogP contribution < -0.4 is 0 Å². The van der Waals surface area contributed by atoms with Gasteiger partial charge in [0, 0.05) is 34.3 Å². The van der Waals surface area contributed by atoms with E-state index in [0.717, 1.165) is 61.0 Å². The van der Waals surface area contributed by atoms with Crippen molar-refractivity contribution in [3.8, 4) is 33.6 Å². The van der Waals surface area contributed by atoms with Crippen LogP contribution in [-0.4, -0.2) is 19.1 Å². The number of para-hydroxylation sites is 3. The standard InChI is InChI=1S/C40H26N4/c1-3-14-27(15-4-1)29-18-7-10-21-33(29)43-35-23-12-9-20-31(35)32-26-42-38-37-36(24-13-25-41-37)44(40(38)39(32)43)34-22-11-8-19-30(34)28-16-5-2-6-17-28/h1-26H. The van der Waals surface area contributed by atoms with Crippen LogP contribution in [0.15, 0.2) is 158 Å². The van der Waals surface area contributed by atoms with E-state index < -0.39 is 0 Å². The lowest BCUT2D eigenvalue weighted by molar-refractivity contribution is 1.15. The van der Waals surface area contributed by atoms with Crippen LogP contribution in [-0.2, 0) is 0 Å². The molecule has 0 aliphatic rings. The van der Waals surface area contributed by atoms with Crippen molar-refractivity contribution in [3.05, 3.63) is 158 Å². The van der Waals surface area contributed by atoms with E-state index in [1.807, 2.05) is 18.5 Å². The Balaban J connectivity index is 1.51. The van der Waals surface area contributed by atoms with E-state index in [4.69, 9.17) is 9.97 Å². The van der Waals surface area contributed by atoms with E-state index in [1.165, 1.54) is 16.5 Å². The molecular weight excluding hydrogens is 536 g/mol. The summed E-state index contributed by atoms with van der Waals surface area (Å²) >= 11 is 0. The summed E-state index contributed by atoms with van der Waals surface area (Å²) in [5, 5.41) is 2.28. The minimum atomic E-state index is 0.886. The average molecular weight is 563 g/mol. The number of benzene rings is 5. The first-order valence-electron chi connectivity index (χ1n) is 14.9. The van der Waals surface area contributed by atoms with E-state index >= 15 is 0 Å². The molecular formula is C40H26N4. The molecule has 0 atom stereocenters. The minimum absolute atomic E-state index is 0.886. The second-order valence-electron chi connectivity index (χ2n) is 11.0. The van der Waals surface area contributed by atoms with Gasteiger partial charge in [-0.3, -0.25) is 9.97 Å². The third-order valence-electron chi connectivity index (χ3n) is 8.62. The van der Waals surface area contributed by atoms with Gasteiger partial charge in [-0.15, -0.1) is 0 Å². The Labute approximate surface area is 254 Å². The summed E-state index contributed by atoms with van der Waals surface area (Å²) < 4.78 is 4.80. The predicted octanol–water partition coefficient (Wildman–Crippen LogP) is 10.0. The largest absolute Gasteiger partial charge is 0.306 e. The second kappa shape index (κ2) is 9.79. The van der Waals surface area contributed by atoms with Crippen LogP contribution in [0.1, 0.15) is 0 Å². The smallest absolute Gasteiger partial charge is 0.117 e. The predicted molar refractivity (Wildman–Crippen MR) is 182 cm³/mol. The van der Waals surface area contributed by atoms with E-state index in [-0.39, 0.29) is 0 Å². The van der Waals surface area contributed by atoms with Crippen LogP contribution in [0.2, 0.25) is 0 Å². The first-order chi connectivity index (χ1) is 21.9. The molecule has 0 bridgehead atoms. The Hall–Kier alpha value is -6.00. The van der Waals surface area contributed by atoms with Gasteiger partial charge in [0.25, 0.3) is 0 Å². The van der Waals surface area contributed by atoms with Crippen LogP contribution in [0.4, 0.5) is 0 Å². The van der Waals surface area contributed by atoms with Gasteiger partial charge in [-0.05, 0) is 41.5 Å². The molecule has 0 spiro atoms. The van der Waals surface area contributed by atoms with Crippen LogP contribution >= 0.6 is 0 Å². The van der Waals surface area contributed by atoms with Gasteiger partial charge in [-0.2, -0.15) is 0 Å². The summed E-state index contributed by atoms with van der Waals surface area (Å²) in [5.74, 6) is 0. The number of hydrogen-bond donors (Lipinski definition) is 0. The maximum absolute atomic E-state index is 5.13. The molecule has 4 heterocycles. The molecule has 9 rings (SSSR count). The molecule has 0 saturated heterocycles. The topological polar surface area (TPSA) is 35.6 Å². The van der Waals surface area contributed by atoms with Gasteiger partial charge in [0.05, 0.1) is 33.4 Å². The van der Waals surface area contributed by atoms with Crippen LogP contribution in [0.25, 0.3) is 77.5 Å². The van der Waals surface area contributed by atoms with Gasteiger partial charge in [0.15, 0.2) is 0 Å². The number of fused-ring (bicyclic) bond motifs is 7. The maximum atomic E-state index is 5.13. The van der Waals surface area contributed by atoms with Gasteiger partial charge in [-0.25, -0.2) is 0 Å². The third-order valence-corrected chi connectivity index (χ3v) is 8.62. The molecule has 0 saturated carbocycles. The van der Waals surface area contributed by atoms with E-state index in [2.05, 4.69) is 149 Å². The van der Waals surface area contributed by atoms with Gasteiger partial charge >= 0.3 is 0 Å². The summed E-state index contributed by atoms with van der Waals surface area (Å²) in [4.78, 5) is 10.0. The Morgan fingerprint density at radius 2 is 0.932 bits per heavy atom. The Morgan fingerprint density at radius 1 is 0.386 bits per heavy atom. The van der Waals surface area contributed by atoms with Crippen molar-refractivity contribution in [2.24, 2.45) is 0 Å². The van der Waals surface area contributed by atoms with Gasteiger partial charge in [0.2, 0.25) is 0 Å². The van der Waals surface area contributed by atoms with E-state index in [1.54, 1.807) is 0 Å². The molecule has 44 heavy (non-hydrogen) atoms. The zero-order valence-corrected chi connectivity index (χ0v) is 23.8. The first-order valence-corrected chi connectivity index (χ1v) is 14.9. The zero-order valence-electron chi connectivity index (χ0n) is 23.8. The maximum Gasteiger partial charge on any atom is 0.117 e. The highest BCUT2D eigenvalue weighted by Crippen LogP contribution is 2.42. The normalized spacial score (nSPS) is 11.6. The summed E-state index contributed by atoms with van der Waals surface area (Å²) in [6.45, 7) is 0. The molecule has 0 radical (unpaired) electrons. The number of nitrogens with zero attached hydrogens (tertiary/aromatic N) is 4. The van der Waals surface area contributed by atoms with Crippen molar-refractivity contribution in [1.29, 1.82) is 0 Å². The number of hydrogen-bond acceptors (Lipinski definition) is 2. The molecule has 0 N–H and O–H groups in total. The lowest BCUT2D eigenvalue weighted by Gasteiger charge is -2.17. The Kier molecular flexibility index (Phi) is 5.47. The molecule has 0 fully saturated rings. The van der Waals surface area contributed by atoms with Crippen LogP contribution in [0.3, 0.4) is 0 Å². The molecule has 0 amide bonds. The van der Waals surface area contributed by atoms with Crippen molar-refractivity contribution in [2.75, 3.05) is 0 Å². The highest BCUT2D eigenvalue weighted by Gasteiger charge is 2.24. The summed E-state index contributed by atoms with van der Waals surface area (Å²) in [7, 11) is 0. The molecule has 4 heteroatoms. The fourth-order valence-corrected chi connectivity index (χ4v) is 6.76. The van der Waals surface area contributed by atoms with Crippen LogP contribution in [0, 0.1) is 0 Å². The van der Waals surface area contributed by atoms with E-state index in [0.29, 0.717) is 0 Å². The van der Waals surface area contributed by atoms with Crippen molar-refractivity contribution in [3.63, 3.8) is 0 Å². The summed E-state index contributed by atoms with van der Waals surface area (Å²) in [6, 6.07) is 51.4. The SMILES string of the molecule is c1ccc(-c2ccccc2-n2c3ccccc3c3cnc4c5ncccc5n(-c5ccccc5-c5ccccc5)c4c32)cc1. The first kappa shape index (κ1) is 24.6. The summed E-state index contributed by atoms with van der Waals surface area (Å²) in [6.07, 6.45) is 3.89. The molecule has 4 nitrogen and oxygen atoms in total. The fraction of sp³-hybridized carbons (Fsp3) is 0. The molecule has 9 aromatic rings. The molecule has 206 valence electrons. The molecule has 5 aromatic carbocycles. The fourth-order valence-electron chi connectivity index (χ4n) is 6.76. The zero-order chi connectivity index (χ0) is 29.0. The Morgan fingerprint density at radius 3 is 1.61 bits per heavy atom. The highest BCUT2D eigenvalue weighted by molar-refractivity contribution is 6.22. The highest BCUT2D eigenvalue weighted by atomic mass is 15.1. The van der Waals surface area contributed by atoms with Gasteiger partial charge in [-0.1, -0.05) is 115 Å². The number of pyridine rings is 2. The number of rotatable bonds is 4. The van der Waals surface area contributed by atoms with E-state index in [9.17, 15) is 0 Å². The second-order valence-corrected chi connectivity index (χ2v) is 11.0. The average Bonchev–Trinajstić information content (AvgIpc) is 3.62. The third kappa shape index (κ3) is 3.58. The van der Waals surface area contributed by atoms with Crippen molar-refractivity contribution >= 4 is 43.9 Å². The lowest BCUT2D eigenvalue weighted by Crippen LogP contribution is -2.01. The molecule has 0 unspecified atom stereocenters. The van der Waals surface area contributed by atoms with Crippen molar-refractivity contribution in [1.82, 2.24) is 19.1 Å². The lowest BCUT2D eigenvalue weighted by atomic mass is 10.0. The van der Waals surface area contributed by atoms with Gasteiger partial charge < -0.3 is 9.13 Å². The van der Waals surface area contributed by atoms with Crippen LogP contribution in [0.5, 0.6) is 0 Å². The quantitative estimate of drug-likeness (QED) is 0.214. The molecule has 0 aliphatic heterocycles. The monoisotopic (exact) mass is 562 g/mol. The van der Waals surface area contributed by atoms with Gasteiger partial charge in [0.1, 0.15) is 11.0 Å². The molecule has 4 aromatic heterocycles. The van der Waals surface area contributed by atoms with Crippen molar-refractivity contribution < 1.29 is 0 Å².